The van der Waals surface area contributed by atoms with Crippen molar-refractivity contribution in [2.45, 2.75) is 12.5 Å². The Balaban J connectivity index is 1.66. The van der Waals surface area contributed by atoms with Crippen LogP contribution in [0.15, 0.2) is 39.7 Å². The summed E-state index contributed by atoms with van der Waals surface area (Å²) in [7, 11) is 0. The quantitative estimate of drug-likeness (QED) is 0.842. The number of likely N-dealkylation sites (tertiary alicyclic amines) is 1. The molecule has 120 valence electrons. The topological polar surface area (TPSA) is 95.5 Å². The number of amides is 1. The van der Waals surface area contributed by atoms with E-state index >= 15 is 0 Å². The number of aromatic amines is 1. The first-order chi connectivity index (χ1) is 11.0. The maximum Gasteiger partial charge on any atom is 0.254 e. The second-order valence-corrected chi connectivity index (χ2v) is 6.13. The van der Waals surface area contributed by atoms with E-state index in [0.29, 0.717) is 25.4 Å². The molecule has 2 aromatic rings. The van der Waals surface area contributed by atoms with Crippen molar-refractivity contribution >= 4 is 21.8 Å². The molecule has 1 atom stereocenters. The standard InChI is InChI=1S/C15H14BrN3O4/c16-10-1-2-14(17-7-10)23-11-3-4-19(8-11)15(22)9-5-12(20)18-13(21)6-9/h1-2,5-7,11H,3-4,8H2,(H2,18,20,21). The zero-order chi connectivity index (χ0) is 16.4. The van der Waals surface area contributed by atoms with Crippen LogP contribution in [0.5, 0.6) is 11.8 Å². The Morgan fingerprint density at radius 2 is 2.26 bits per heavy atom. The first-order valence-corrected chi connectivity index (χ1v) is 7.81. The predicted molar refractivity (Wildman–Crippen MR) is 85.6 cm³/mol. The van der Waals surface area contributed by atoms with E-state index in [9.17, 15) is 14.7 Å². The Hall–Kier alpha value is -2.35. The molecule has 0 radical (unpaired) electrons. The Morgan fingerprint density at radius 3 is 2.96 bits per heavy atom. The summed E-state index contributed by atoms with van der Waals surface area (Å²) in [5, 5.41) is 9.39. The van der Waals surface area contributed by atoms with Gasteiger partial charge in [-0.05, 0) is 22.0 Å². The minimum Gasteiger partial charge on any atom is -0.494 e. The van der Waals surface area contributed by atoms with Crippen LogP contribution >= 0.6 is 15.9 Å². The molecule has 3 heterocycles. The van der Waals surface area contributed by atoms with Crippen molar-refractivity contribution in [2.24, 2.45) is 0 Å². The van der Waals surface area contributed by atoms with Gasteiger partial charge in [0, 0.05) is 41.8 Å². The highest BCUT2D eigenvalue weighted by Gasteiger charge is 2.29. The Labute approximate surface area is 140 Å². The van der Waals surface area contributed by atoms with Gasteiger partial charge in [0.05, 0.1) is 12.1 Å². The molecule has 1 amide bonds. The fraction of sp³-hybridized carbons (Fsp3) is 0.267. The third kappa shape index (κ3) is 3.70. The molecule has 1 fully saturated rings. The lowest BCUT2D eigenvalue weighted by Gasteiger charge is -2.17. The second-order valence-electron chi connectivity index (χ2n) is 5.21. The number of pyridine rings is 2. The Morgan fingerprint density at radius 1 is 1.43 bits per heavy atom. The van der Waals surface area contributed by atoms with Crippen LogP contribution in [0.1, 0.15) is 16.8 Å². The fourth-order valence-corrected chi connectivity index (χ4v) is 2.68. The third-order valence-corrected chi connectivity index (χ3v) is 3.97. The second kappa shape index (κ2) is 6.41. The highest BCUT2D eigenvalue weighted by atomic mass is 79.9. The Kier molecular flexibility index (Phi) is 4.33. The SMILES string of the molecule is O=C(c1cc(O)[nH]c(=O)c1)N1CCC(Oc2ccc(Br)cn2)C1. The molecule has 0 bridgehead atoms. The summed E-state index contributed by atoms with van der Waals surface area (Å²) in [5.41, 5.74) is -0.354. The number of hydrogen-bond donors (Lipinski definition) is 2. The van der Waals surface area contributed by atoms with Crippen molar-refractivity contribution in [3.8, 4) is 11.8 Å². The number of halogens is 1. The van der Waals surface area contributed by atoms with Gasteiger partial charge >= 0.3 is 0 Å². The van der Waals surface area contributed by atoms with Crippen LogP contribution in [-0.2, 0) is 0 Å². The molecule has 7 nitrogen and oxygen atoms in total. The zero-order valence-corrected chi connectivity index (χ0v) is 13.6. The first-order valence-electron chi connectivity index (χ1n) is 7.02. The highest BCUT2D eigenvalue weighted by Crippen LogP contribution is 2.20. The van der Waals surface area contributed by atoms with Crippen LogP contribution in [0.25, 0.3) is 0 Å². The van der Waals surface area contributed by atoms with Crippen molar-refractivity contribution in [3.63, 3.8) is 0 Å². The lowest BCUT2D eigenvalue weighted by Crippen LogP contribution is -2.31. The molecule has 0 saturated carbocycles. The van der Waals surface area contributed by atoms with Gasteiger partial charge in [-0.3, -0.25) is 14.6 Å². The number of nitrogens with one attached hydrogen (secondary N) is 1. The van der Waals surface area contributed by atoms with Crippen molar-refractivity contribution < 1.29 is 14.6 Å². The van der Waals surface area contributed by atoms with E-state index in [0.717, 1.165) is 4.47 Å². The molecule has 1 unspecified atom stereocenters. The maximum atomic E-state index is 12.4. The number of carbonyl (C=O) groups excluding carboxylic acids is 1. The predicted octanol–water partition coefficient (Wildman–Crippen LogP) is 1.53. The first kappa shape index (κ1) is 15.5. The number of carbonyl (C=O) groups is 1. The van der Waals surface area contributed by atoms with Gasteiger partial charge < -0.3 is 14.7 Å². The van der Waals surface area contributed by atoms with Crippen LogP contribution in [-0.4, -0.2) is 45.1 Å². The number of ether oxygens (including phenoxy) is 1. The lowest BCUT2D eigenvalue weighted by molar-refractivity contribution is 0.0770. The van der Waals surface area contributed by atoms with Crippen molar-refractivity contribution in [1.82, 2.24) is 14.9 Å². The maximum absolute atomic E-state index is 12.4. The third-order valence-electron chi connectivity index (χ3n) is 3.50. The van der Waals surface area contributed by atoms with Crippen LogP contribution in [0.3, 0.4) is 0 Å². The van der Waals surface area contributed by atoms with Crippen LogP contribution in [0.4, 0.5) is 0 Å². The van der Waals surface area contributed by atoms with Gasteiger partial charge in [-0.1, -0.05) is 0 Å². The summed E-state index contributed by atoms with van der Waals surface area (Å²) in [6, 6.07) is 6.00. The molecule has 1 aliphatic rings. The fourth-order valence-electron chi connectivity index (χ4n) is 2.45. The zero-order valence-electron chi connectivity index (χ0n) is 12.0. The van der Waals surface area contributed by atoms with Crippen molar-refractivity contribution in [2.75, 3.05) is 13.1 Å². The van der Waals surface area contributed by atoms with E-state index in [-0.39, 0.29) is 23.5 Å². The van der Waals surface area contributed by atoms with Crippen molar-refractivity contribution in [3.05, 3.63) is 50.9 Å². The molecule has 3 rings (SSSR count). The molecule has 2 N–H and O–H groups in total. The summed E-state index contributed by atoms with van der Waals surface area (Å²) in [5.74, 6) is -0.130. The molecule has 23 heavy (non-hydrogen) atoms. The number of H-pyrrole nitrogens is 1. The molecule has 0 spiro atoms. The Bertz CT molecular complexity index is 775. The smallest absolute Gasteiger partial charge is 0.254 e. The van der Waals surface area contributed by atoms with E-state index in [4.69, 9.17) is 4.74 Å². The largest absolute Gasteiger partial charge is 0.494 e. The van der Waals surface area contributed by atoms with Gasteiger partial charge in [0.1, 0.15) is 6.10 Å². The number of aromatic nitrogens is 2. The summed E-state index contributed by atoms with van der Waals surface area (Å²) < 4.78 is 6.61. The molecule has 1 saturated heterocycles. The monoisotopic (exact) mass is 379 g/mol. The number of nitrogens with zero attached hydrogens (tertiary/aromatic N) is 2. The summed E-state index contributed by atoms with van der Waals surface area (Å²) in [4.78, 5) is 31.7. The number of rotatable bonds is 3. The molecular weight excluding hydrogens is 366 g/mol. The minimum absolute atomic E-state index is 0.150. The van der Waals surface area contributed by atoms with Crippen LogP contribution in [0.2, 0.25) is 0 Å². The normalized spacial score (nSPS) is 17.3. The van der Waals surface area contributed by atoms with Gasteiger partial charge in [-0.25, -0.2) is 4.98 Å². The van der Waals surface area contributed by atoms with Crippen LogP contribution in [0, 0.1) is 0 Å². The molecule has 8 heteroatoms. The molecule has 0 aliphatic carbocycles. The summed E-state index contributed by atoms with van der Waals surface area (Å²) in [6.07, 6.45) is 2.17. The summed E-state index contributed by atoms with van der Waals surface area (Å²) >= 11 is 3.30. The van der Waals surface area contributed by atoms with Crippen molar-refractivity contribution in [1.29, 1.82) is 0 Å². The lowest BCUT2D eigenvalue weighted by atomic mass is 10.2. The van der Waals surface area contributed by atoms with Gasteiger partial charge in [0.15, 0.2) is 5.88 Å². The highest BCUT2D eigenvalue weighted by molar-refractivity contribution is 9.10. The van der Waals surface area contributed by atoms with Gasteiger partial charge in [-0.15, -0.1) is 0 Å². The summed E-state index contributed by atoms with van der Waals surface area (Å²) in [6.45, 7) is 0.928. The molecule has 1 aliphatic heterocycles. The van der Waals surface area contributed by atoms with E-state index < -0.39 is 5.56 Å². The molecular formula is C15H14BrN3O4. The van der Waals surface area contributed by atoms with E-state index in [1.165, 1.54) is 12.1 Å². The van der Waals surface area contributed by atoms with E-state index in [2.05, 4.69) is 25.9 Å². The van der Waals surface area contributed by atoms with E-state index in [1.807, 2.05) is 6.07 Å². The molecule has 0 aromatic carbocycles. The minimum atomic E-state index is -0.514. The number of aromatic hydroxyl groups is 1. The van der Waals surface area contributed by atoms with Crippen LogP contribution < -0.4 is 10.3 Å². The van der Waals surface area contributed by atoms with Gasteiger partial charge in [0.2, 0.25) is 5.88 Å². The molecule has 2 aromatic heterocycles. The average Bonchev–Trinajstić information content (AvgIpc) is 2.96. The van der Waals surface area contributed by atoms with E-state index in [1.54, 1.807) is 17.2 Å². The van der Waals surface area contributed by atoms with Gasteiger partial charge in [0.25, 0.3) is 11.5 Å². The average molecular weight is 380 g/mol. The van der Waals surface area contributed by atoms with Gasteiger partial charge in [-0.2, -0.15) is 0 Å². The number of hydrogen-bond acceptors (Lipinski definition) is 5.